The minimum absolute atomic E-state index is 0.0216. The minimum atomic E-state index is 0.0216. The average Bonchev–Trinajstić information content (AvgIpc) is 3.13. The highest BCUT2D eigenvalue weighted by atomic mass is 16.5. The molecular weight excluding hydrogens is 310 g/mol. The average molecular weight is 339 g/mol. The lowest BCUT2D eigenvalue weighted by Crippen LogP contribution is -2.53. The maximum atomic E-state index is 12.6. The number of rotatable bonds is 4. The van der Waals surface area contributed by atoms with Crippen LogP contribution in [0.25, 0.3) is 0 Å². The van der Waals surface area contributed by atoms with Crippen molar-refractivity contribution in [1.29, 1.82) is 0 Å². The zero-order valence-corrected chi connectivity index (χ0v) is 14.6. The molecule has 0 spiro atoms. The Balaban J connectivity index is 1.38. The summed E-state index contributed by atoms with van der Waals surface area (Å²) in [5.74, 6) is 0.456. The van der Waals surface area contributed by atoms with Crippen LogP contribution in [0.3, 0.4) is 0 Å². The SMILES string of the molecule is CN1CCC(C(=O)N2CCN(C(=O)COC3CCOC3)CC2)CC1. The van der Waals surface area contributed by atoms with Gasteiger partial charge in [0.15, 0.2) is 0 Å². The van der Waals surface area contributed by atoms with E-state index in [1.165, 1.54) is 0 Å². The summed E-state index contributed by atoms with van der Waals surface area (Å²) in [6.07, 6.45) is 2.82. The van der Waals surface area contributed by atoms with Gasteiger partial charge in [0.05, 0.1) is 12.7 Å². The molecule has 0 bridgehead atoms. The van der Waals surface area contributed by atoms with Crippen molar-refractivity contribution in [3.63, 3.8) is 0 Å². The van der Waals surface area contributed by atoms with Gasteiger partial charge < -0.3 is 24.2 Å². The molecule has 0 radical (unpaired) electrons. The summed E-state index contributed by atoms with van der Waals surface area (Å²) in [4.78, 5) is 30.8. The second kappa shape index (κ2) is 8.27. The van der Waals surface area contributed by atoms with Gasteiger partial charge in [0.1, 0.15) is 6.61 Å². The van der Waals surface area contributed by atoms with Crippen molar-refractivity contribution in [3.8, 4) is 0 Å². The molecule has 0 aromatic carbocycles. The topological polar surface area (TPSA) is 62.3 Å². The highest BCUT2D eigenvalue weighted by Gasteiger charge is 2.30. The van der Waals surface area contributed by atoms with Gasteiger partial charge in [-0.3, -0.25) is 9.59 Å². The van der Waals surface area contributed by atoms with Crippen LogP contribution in [0.4, 0.5) is 0 Å². The standard InChI is InChI=1S/C17H29N3O4/c1-18-5-2-14(3-6-18)17(22)20-9-7-19(8-10-20)16(21)13-24-15-4-11-23-12-15/h14-15H,2-13H2,1H3. The Morgan fingerprint density at radius 1 is 1.00 bits per heavy atom. The number of likely N-dealkylation sites (tertiary alicyclic amines) is 1. The first-order chi connectivity index (χ1) is 11.6. The first-order valence-corrected chi connectivity index (χ1v) is 9.08. The van der Waals surface area contributed by atoms with E-state index in [0.29, 0.717) is 32.8 Å². The molecular formula is C17H29N3O4. The molecule has 24 heavy (non-hydrogen) atoms. The normalized spacial score (nSPS) is 26.8. The van der Waals surface area contributed by atoms with E-state index in [2.05, 4.69) is 11.9 Å². The van der Waals surface area contributed by atoms with E-state index in [9.17, 15) is 9.59 Å². The van der Waals surface area contributed by atoms with Gasteiger partial charge in [-0.25, -0.2) is 0 Å². The van der Waals surface area contributed by atoms with Gasteiger partial charge in [-0.1, -0.05) is 0 Å². The maximum absolute atomic E-state index is 12.6. The van der Waals surface area contributed by atoms with Gasteiger partial charge in [-0.05, 0) is 39.4 Å². The highest BCUT2D eigenvalue weighted by molar-refractivity contribution is 5.80. The molecule has 3 rings (SSSR count). The zero-order chi connectivity index (χ0) is 16.9. The largest absolute Gasteiger partial charge is 0.379 e. The van der Waals surface area contributed by atoms with Gasteiger partial charge in [0.2, 0.25) is 11.8 Å². The summed E-state index contributed by atoms with van der Waals surface area (Å²) in [6.45, 7) is 5.93. The summed E-state index contributed by atoms with van der Waals surface area (Å²) in [5, 5.41) is 0. The Bertz CT molecular complexity index is 437. The minimum Gasteiger partial charge on any atom is -0.379 e. The summed E-state index contributed by atoms with van der Waals surface area (Å²) in [7, 11) is 2.10. The third-order valence-corrected chi connectivity index (χ3v) is 5.34. The van der Waals surface area contributed by atoms with Crippen LogP contribution in [0.1, 0.15) is 19.3 Å². The monoisotopic (exact) mass is 339 g/mol. The Morgan fingerprint density at radius 3 is 2.29 bits per heavy atom. The first-order valence-electron chi connectivity index (χ1n) is 9.08. The number of piperazine rings is 1. The molecule has 1 unspecified atom stereocenters. The summed E-state index contributed by atoms with van der Waals surface area (Å²) >= 11 is 0. The first kappa shape index (κ1) is 17.6. The molecule has 0 aliphatic carbocycles. The lowest BCUT2D eigenvalue weighted by atomic mass is 9.95. The van der Waals surface area contributed by atoms with E-state index < -0.39 is 0 Å². The molecule has 7 heteroatoms. The number of hydrogen-bond acceptors (Lipinski definition) is 5. The molecule has 1 atom stereocenters. The van der Waals surface area contributed by atoms with E-state index in [1.54, 1.807) is 0 Å². The van der Waals surface area contributed by atoms with Crippen molar-refractivity contribution in [2.45, 2.75) is 25.4 Å². The molecule has 0 saturated carbocycles. The fourth-order valence-corrected chi connectivity index (χ4v) is 3.61. The fraction of sp³-hybridized carbons (Fsp3) is 0.882. The molecule has 3 aliphatic heterocycles. The van der Waals surface area contributed by atoms with Crippen molar-refractivity contribution in [1.82, 2.24) is 14.7 Å². The number of hydrogen-bond donors (Lipinski definition) is 0. The third kappa shape index (κ3) is 4.46. The van der Waals surface area contributed by atoms with Crippen molar-refractivity contribution < 1.29 is 19.1 Å². The molecule has 3 aliphatic rings. The molecule has 3 fully saturated rings. The fourth-order valence-electron chi connectivity index (χ4n) is 3.61. The number of carbonyl (C=O) groups is 2. The van der Waals surface area contributed by atoms with Crippen molar-refractivity contribution in [3.05, 3.63) is 0 Å². The van der Waals surface area contributed by atoms with Crippen LogP contribution in [-0.2, 0) is 19.1 Å². The van der Waals surface area contributed by atoms with Gasteiger partial charge in [-0.2, -0.15) is 0 Å². The van der Waals surface area contributed by atoms with E-state index >= 15 is 0 Å². The molecule has 0 aromatic rings. The van der Waals surface area contributed by atoms with E-state index in [0.717, 1.165) is 39.0 Å². The maximum Gasteiger partial charge on any atom is 0.248 e. The summed E-state index contributed by atoms with van der Waals surface area (Å²) in [6, 6.07) is 0. The smallest absolute Gasteiger partial charge is 0.248 e. The van der Waals surface area contributed by atoms with Crippen LogP contribution in [0, 0.1) is 5.92 Å². The van der Waals surface area contributed by atoms with Gasteiger partial charge in [0, 0.05) is 38.7 Å². The molecule has 136 valence electrons. The van der Waals surface area contributed by atoms with E-state index in [4.69, 9.17) is 9.47 Å². The van der Waals surface area contributed by atoms with Crippen molar-refractivity contribution in [2.75, 3.05) is 66.1 Å². The van der Waals surface area contributed by atoms with Crippen LogP contribution in [-0.4, -0.2) is 98.8 Å². The molecule has 0 N–H and O–H groups in total. The zero-order valence-electron chi connectivity index (χ0n) is 14.6. The molecule has 7 nitrogen and oxygen atoms in total. The predicted molar refractivity (Wildman–Crippen MR) is 88.6 cm³/mol. The predicted octanol–water partition coefficient (Wildman–Crippen LogP) is -0.195. The van der Waals surface area contributed by atoms with Gasteiger partial charge >= 0.3 is 0 Å². The van der Waals surface area contributed by atoms with Crippen molar-refractivity contribution >= 4 is 11.8 Å². The van der Waals surface area contributed by atoms with Gasteiger partial charge in [-0.15, -0.1) is 0 Å². The number of carbonyl (C=O) groups excluding carboxylic acids is 2. The molecule has 0 aromatic heterocycles. The van der Waals surface area contributed by atoms with Gasteiger partial charge in [0.25, 0.3) is 0 Å². The third-order valence-electron chi connectivity index (χ3n) is 5.34. The van der Waals surface area contributed by atoms with E-state index in [1.807, 2.05) is 9.80 Å². The van der Waals surface area contributed by atoms with Crippen LogP contribution < -0.4 is 0 Å². The number of piperidine rings is 1. The lowest BCUT2D eigenvalue weighted by molar-refractivity contribution is -0.146. The van der Waals surface area contributed by atoms with Crippen LogP contribution in [0.2, 0.25) is 0 Å². The summed E-state index contributed by atoms with van der Waals surface area (Å²) in [5.41, 5.74) is 0. The van der Waals surface area contributed by atoms with Crippen LogP contribution >= 0.6 is 0 Å². The highest BCUT2D eigenvalue weighted by Crippen LogP contribution is 2.19. The Labute approximate surface area is 143 Å². The number of nitrogens with zero attached hydrogens (tertiary/aromatic N) is 3. The number of ether oxygens (including phenoxy) is 2. The van der Waals surface area contributed by atoms with Crippen molar-refractivity contribution in [2.24, 2.45) is 5.92 Å². The van der Waals surface area contributed by atoms with E-state index in [-0.39, 0.29) is 30.4 Å². The lowest BCUT2D eigenvalue weighted by Gasteiger charge is -2.38. The molecule has 3 heterocycles. The quantitative estimate of drug-likeness (QED) is 0.710. The molecule has 2 amide bonds. The Kier molecular flexibility index (Phi) is 6.08. The summed E-state index contributed by atoms with van der Waals surface area (Å²) < 4.78 is 10.8. The Morgan fingerprint density at radius 2 is 1.67 bits per heavy atom. The second-order valence-corrected chi connectivity index (χ2v) is 7.08. The van der Waals surface area contributed by atoms with Crippen LogP contribution in [0.5, 0.6) is 0 Å². The van der Waals surface area contributed by atoms with Crippen LogP contribution in [0.15, 0.2) is 0 Å². The molecule has 3 saturated heterocycles. The number of amides is 2. The Hall–Kier alpha value is -1.18. The second-order valence-electron chi connectivity index (χ2n) is 7.08.